The molecule has 1 aromatic carbocycles. The average Bonchev–Trinajstić information content (AvgIpc) is 2.84. The monoisotopic (exact) mass is 245 g/mol. The maximum Gasteiger partial charge on any atom is 0.290 e. The Labute approximate surface area is 104 Å². The lowest BCUT2D eigenvalue weighted by molar-refractivity contribution is 0.0428. The van der Waals surface area contributed by atoms with Crippen molar-refractivity contribution >= 4 is 5.91 Å². The van der Waals surface area contributed by atoms with Gasteiger partial charge in [-0.1, -0.05) is 12.1 Å². The van der Waals surface area contributed by atoms with Gasteiger partial charge in [0.25, 0.3) is 5.91 Å². The maximum atomic E-state index is 12.9. The normalized spacial score (nSPS) is 18.5. The first-order valence-corrected chi connectivity index (χ1v) is 5.85. The van der Waals surface area contributed by atoms with Crippen LogP contribution >= 0.6 is 0 Å². The number of nitrogens with zero attached hydrogens (tertiary/aromatic N) is 1. The highest BCUT2D eigenvalue weighted by atomic mass is 19.1. The smallest absolute Gasteiger partial charge is 0.290 e. The molecule has 0 radical (unpaired) electrons. The number of hydrogen-bond donors (Lipinski definition) is 0. The molecule has 0 N–H and O–H groups in total. The van der Waals surface area contributed by atoms with Crippen molar-refractivity contribution in [3.05, 3.63) is 59.8 Å². The van der Waals surface area contributed by atoms with Crippen molar-refractivity contribution in [1.29, 1.82) is 0 Å². The molecule has 2 heterocycles. The molecule has 1 aliphatic rings. The summed E-state index contributed by atoms with van der Waals surface area (Å²) in [6.45, 7) is 0.710. The van der Waals surface area contributed by atoms with Crippen LogP contribution in [0.25, 0.3) is 0 Å². The summed E-state index contributed by atoms with van der Waals surface area (Å²) in [5.74, 6) is -0.0237. The van der Waals surface area contributed by atoms with Crippen LogP contribution in [0.1, 0.15) is 28.6 Å². The molecule has 0 unspecified atom stereocenters. The van der Waals surface area contributed by atoms with E-state index >= 15 is 0 Å². The molecular formula is C14H12FNO2. The molecule has 1 aliphatic heterocycles. The van der Waals surface area contributed by atoms with Gasteiger partial charge >= 0.3 is 0 Å². The van der Waals surface area contributed by atoms with Crippen LogP contribution in [0.3, 0.4) is 0 Å². The lowest BCUT2D eigenvalue weighted by Crippen LogP contribution is -2.44. The molecule has 1 atom stereocenters. The third-order valence-electron chi connectivity index (χ3n) is 3.27. The predicted octanol–water partition coefficient (Wildman–Crippen LogP) is 3.01. The van der Waals surface area contributed by atoms with Crippen LogP contribution < -0.4 is 0 Å². The van der Waals surface area contributed by atoms with Gasteiger partial charge in [0.15, 0.2) is 5.76 Å². The van der Waals surface area contributed by atoms with Gasteiger partial charge in [-0.15, -0.1) is 0 Å². The summed E-state index contributed by atoms with van der Waals surface area (Å²) < 4.78 is 18.0. The van der Waals surface area contributed by atoms with Crippen LogP contribution in [0.2, 0.25) is 0 Å². The van der Waals surface area contributed by atoms with Gasteiger partial charge in [0.2, 0.25) is 0 Å². The largest absolute Gasteiger partial charge is 0.459 e. The first kappa shape index (κ1) is 11.0. The number of benzene rings is 1. The Morgan fingerprint density at radius 2 is 2.06 bits per heavy atom. The first-order chi connectivity index (χ1) is 8.75. The van der Waals surface area contributed by atoms with E-state index in [4.69, 9.17) is 4.42 Å². The lowest BCUT2D eigenvalue weighted by atomic mass is 9.94. The molecule has 1 amide bonds. The minimum atomic E-state index is -0.262. The third-order valence-corrected chi connectivity index (χ3v) is 3.27. The van der Waals surface area contributed by atoms with E-state index in [0.717, 1.165) is 12.0 Å². The molecule has 4 heteroatoms. The molecule has 0 aliphatic carbocycles. The highest BCUT2D eigenvalue weighted by Gasteiger charge is 2.34. The number of rotatable bonds is 2. The lowest BCUT2D eigenvalue weighted by Gasteiger charge is -2.40. The van der Waals surface area contributed by atoms with E-state index < -0.39 is 0 Å². The van der Waals surface area contributed by atoms with Gasteiger partial charge in [0.1, 0.15) is 5.82 Å². The van der Waals surface area contributed by atoms with E-state index in [1.165, 1.54) is 18.4 Å². The number of likely N-dealkylation sites (tertiary alicyclic amines) is 1. The van der Waals surface area contributed by atoms with E-state index in [2.05, 4.69) is 0 Å². The number of amides is 1. The number of carbonyl (C=O) groups is 1. The molecule has 0 saturated carbocycles. The van der Waals surface area contributed by atoms with E-state index in [-0.39, 0.29) is 17.8 Å². The minimum Gasteiger partial charge on any atom is -0.459 e. The second-order valence-electron chi connectivity index (χ2n) is 4.33. The molecule has 92 valence electrons. The summed E-state index contributed by atoms with van der Waals surface area (Å²) >= 11 is 0. The molecule has 0 spiro atoms. The van der Waals surface area contributed by atoms with Gasteiger partial charge in [0.05, 0.1) is 12.3 Å². The Balaban J connectivity index is 1.79. The van der Waals surface area contributed by atoms with Gasteiger partial charge in [-0.25, -0.2) is 4.39 Å². The number of carbonyl (C=O) groups excluding carboxylic acids is 1. The van der Waals surface area contributed by atoms with Crippen molar-refractivity contribution < 1.29 is 13.6 Å². The van der Waals surface area contributed by atoms with Gasteiger partial charge in [0, 0.05) is 6.54 Å². The summed E-state index contributed by atoms with van der Waals surface area (Å²) in [6.07, 6.45) is 2.39. The van der Waals surface area contributed by atoms with Crippen LogP contribution in [0.15, 0.2) is 47.1 Å². The van der Waals surface area contributed by atoms with Gasteiger partial charge < -0.3 is 9.32 Å². The molecule has 2 aromatic rings. The van der Waals surface area contributed by atoms with Crippen LogP contribution in [-0.2, 0) is 0 Å². The topological polar surface area (TPSA) is 33.5 Å². The summed E-state index contributed by atoms with van der Waals surface area (Å²) in [5, 5.41) is 0. The number of hydrogen-bond acceptors (Lipinski definition) is 2. The Kier molecular flexibility index (Phi) is 2.63. The fraction of sp³-hybridized carbons (Fsp3) is 0.214. The van der Waals surface area contributed by atoms with Gasteiger partial charge in [-0.2, -0.15) is 0 Å². The molecular weight excluding hydrogens is 233 g/mol. The number of halogens is 1. The van der Waals surface area contributed by atoms with Gasteiger partial charge in [-0.05, 0) is 36.2 Å². The maximum absolute atomic E-state index is 12.9. The van der Waals surface area contributed by atoms with Crippen molar-refractivity contribution in [3.8, 4) is 0 Å². The van der Waals surface area contributed by atoms with E-state index in [1.54, 1.807) is 29.2 Å². The molecule has 0 bridgehead atoms. The minimum absolute atomic E-state index is 0.0307. The Morgan fingerprint density at radius 3 is 2.61 bits per heavy atom. The fourth-order valence-corrected chi connectivity index (χ4v) is 2.20. The van der Waals surface area contributed by atoms with Gasteiger partial charge in [-0.3, -0.25) is 4.79 Å². The van der Waals surface area contributed by atoms with Crippen molar-refractivity contribution in [2.75, 3.05) is 6.54 Å². The zero-order chi connectivity index (χ0) is 12.5. The first-order valence-electron chi connectivity index (χ1n) is 5.85. The van der Waals surface area contributed by atoms with E-state index in [9.17, 15) is 9.18 Å². The summed E-state index contributed by atoms with van der Waals surface area (Å²) in [5.41, 5.74) is 0.961. The standard InChI is InChI=1S/C14H12FNO2/c15-11-5-3-10(4-6-11)12-7-8-16(12)14(17)13-2-1-9-18-13/h1-6,9,12H,7-8H2/t12-/m0/s1. The second-order valence-corrected chi connectivity index (χ2v) is 4.33. The molecule has 1 saturated heterocycles. The molecule has 3 rings (SSSR count). The Bertz CT molecular complexity index is 548. The zero-order valence-electron chi connectivity index (χ0n) is 9.67. The predicted molar refractivity (Wildman–Crippen MR) is 63.5 cm³/mol. The van der Waals surface area contributed by atoms with E-state index in [1.807, 2.05) is 0 Å². The van der Waals surface area contributed by atoms with Crippen LogP contribution in [0.4, 0.5) is 4.39 Å². The highest BCUT2D eigenvalue weighted by molar-refractivity contribution is 5.92. The zero-order valence-corrected chi connectivity index (χ0v) is 9.67. The van der Waals surface area contributed by atoms with Crippen molar-refractivity contribution in [2.24, 2.45) is 0 Å². The third kappa shape index (κ3) is 1.79. The van der Waals surface area contributed by atoms with Crippen molar-refractivity contribution in [2.45, 2.75) is 12.5 Å². The van der Waals surface area contributed by atoms with E-state index in [0.29, 0.717) is 12.3 Å². The Hall–Kier alpha value is -2.10. The summed E-state index contributed by atoms with van der Waals surface area (Å²) in [6, 6.07) is 9.67. The fourth-order valence-electron chi connectivity index (χ4n) is 2.20. The summed E-state index contributed by atoms with van der Waals surface area (Å²) in [4.78, 5) is 13.8. The van der Waals surface area contributed by atoms with Crippen molar-refractivity contribution in [1.82, 2.24) is 4.90 Å². The summed E-state index contributed by atoms with van der Waals surface area (Å²) in [7, 11) is 0. The van der Waals surface area contributed by atoms with Crippen LogP contribution in [0, 0.1) is 5.82 Å². The van der Waals surface area contributed by atoms with Crippen LogP contribution in [-0.4, -0.2) is 17.4 Å². The van der Waals surface area contributed by atoms with Crippen molar-refractivity contribution in [3.63, 3.8) is 0 Å². The Morgan fingerprint density at radius 1 is 1.28 bits per heavy atom. The molecule has 18 heavy (non-hydrogen) atoms. The molecule has 3 nitrogen and oxygen atoms in total. The SMILES string of the molecule is O=C(c1ccco1)N1CC[C@H]1c1ccc(F)cc1. The highest BCUT2D eigenvalue weighted by Crippen LogP contribution is 2.34. The van der Waals surface area contributed by atoms with Crippen LogP contribution in [0.5, 0.6) is 0 Å². The quantitative estimate of drug-likeness (QED) is 0.814. The average molecular weight is 245 g/mol. The number of furan rings is 1. The second kappa shape index (κ2) is 4.29. The molecule has 1 aromatic heterocycles. The molecule has 1 fully saturated rings.